The van der Waals surface area contributed by atoms with Gasteiger partial charge >= 0.3 is 5.97 Å². The Hall–Kier alpha value is -1.53. The van der Waals surface area contributed by atoms with E-state index in [9.17, 15) is 4.79 Å². The third-order valence-corrected chi connectivity index (χ3v) is 3.76. The SMILES string of the molecule is COc1cc(C(=O)O)cc(Br)c1OCc1ccsc1. The highest BCUT2D eigenvalue weighted by Crippen LogP contribution is 2.37. The van der Waals surface area contributed by atoms with Gasteiger partial charge in [-0.25, -0.2) is 4.79 Å². The Morgan fingerprint density at radius 2 is 2.26 bits per heavy atom. The standard InChI is InChI=1S/C13H11BrO4S/c1-17-11-5-9(13(15)16)4-10(14)12(11)18-6-8-2-3-19-7-8/h2-5,7H,6H2,1H3,(H,15,16). The molecule has 2 aromatic rings. The van der Waals surface area contributed by atoms with Gasteiger partial charge in [-0.2, -0.15) is 11.3 Å². The minimum absolute atomic E-state index is 0.145. The van der Waals surface area contributed by atoms with Gasteiger partial charge in [0.15, 0.2) is 11.5 Å². The lowest BCUT2D eigenvalue weighted by molar-refractivity contribution is 0.0696. The second-order valence-corrected chi connectivity index (χ2v) is 5.35. The predicted molar refractivity (Wildman–Crippen MR) is 76.3 cm³/mol. The van der Waals surface area contributed by atoms with Crippen molar-refractivity contribution in [1.82, 2.24) is 0 Å². The van der Waals surface area contributed by atoms with Crippen molar-refractivity contribution in [1.29, 1.82) is 0 Å². The number of hydrogen-bond donors (Lipinski definition) is 1. The summed E-state index contributed by atoms with van der Waals surface area (Å²) in [6, 6.07) is 4.90. The van der Waals surface area contributed by atoms with E-state index in [1.165, 1.54) is 19.2 Å². The molecule has 1 N–H and O–H groups in total. The van der Waals surface area contributed by atoms with Crippen molar-refractivity contribution in [3.8, 4) is 11.5 Å². The van der Waals surface area contributed by atoms with Gasteiger partial charge in [0.1, 0.15) is 6.61 Å². The zero-order valence-electron chi connectivity index (χ0n) is 10.1. The molecular weight excluding hydrogens is 332 g/mol. The average Bonchev–Trinajstić information content (AvgIpc) is 2.89. The number of thiophene rings is 1. The van der Waals surface area contributed by atoms with Gasteiger partial charge < -0.3 is 14.6 Å². The minimum Gasteiger partial charge on any atom is -0.493 e. The molecule has 1 aromatic carbocycles. The second-order valence-electron chi connectivity index (χ2n) is 3.71. The fourth-order valence-corrected chi connectivity index (χ4v) is 2.72. The van der Waals surface area contributed by atoms with Crippen LogP contribution < -0.4 is 9.47 Å². The molecule has 0 spiro atoms. The molecule has 0 amide bonds. The van der Waals surface area contributed by atoms with Gasteiger partial charge in [0.05, 0.1) is 17.1 Å². The van der Waals surface area contributed by atoms with E-state index in [2.05, 4.69) is 15.9 Å². The highest BCUT2D eigenvalue weighted by Gasteiger charge is 2.15. The van der Waals surface area contributed by atoms with Gasteiger partial charge in [0.25, 0.3) is 0 Å². The maximum atomic E-state index is 11.0. The fourth-order valence-electron chi connectivity index (χ4n) is 1.51. The van der Waals surface area contributed by atoms with Crippen LogP contribution in [0.25, 0.3) is 0 Å². The first-order valence-corrected chi connectivity index (χ1v) is 7.10. The van der Waals surface area contributed by atoms with E-state index in [1.54, 1.807) is 11.3 Å². The van der Waals surface area contributed by atoms with Gasteiger partial charge in [0, 0.05) is 0 Å². The number of rotatable bonds is 5. The van der Waals surface area contributed by atoms with E-state index in [4.69, 9.17) is 14.6 Å². The van der Waals surface area contributed by atoms with Crippen molar-refractivity contribution >= 4 is 33.2 Å². The van der Waals surface area contributed by atoms with Gasteiger partial charge in [-0.05, 0) is 50.5 Å². The molecule has 0 unspecified atom stereocenters. The maximum absolute atomic E-state index is 11.0. The molecule has 0 atom stereocenters. The van der Waals surface area contributed by atoms with E-state index in [0.29, 0.717) is 22.6 Å². The Bertz CT molecular complexity index is 581. The molecule has 1 aromatic heterocycles. The van der Waals surface area contributed by atoms with Crippen molar-refractivity contribution < 1.29 is 19.4 Å². The van der Waals surface area contributed by atoms with Crippen LogP contribution in [0.4, 0.5) is 0 Å². The second kappa shape index (κ2) is 6.08. The molecule has 4 nitrogen and oxygen atoms in total. The molecule has 19 heavy (non-hydrogen) atoms. The summed E-state index contributed by atoms with van der Waals surface area (Å²) in [5, 5.41) is 12.9. The zero-order chi connectivity index (χ0) is 13.8. The Morgan fingerprint density at radius 1 is 1.47 bits per heavy atom. The molecule has 2 rings (SSSR count). The Labute approximate surface area is 122 Å². The molecule has 6 heteroatoms. The van der Waals surface area contributed by atoms with Crippen LogP contribution in [0.15, 0.2) is 33.4 Å². The summed E-state index contributed by atoms with van der Waals surface area (Å²) in [6.07, 6.45) is 0. The van der Waals surface area contributed by atoms with Crippen LogP contribution in [-0.4, -0.2) is 18.2 Å². The lowest BCUT2D eigenvalue weighted by Gasteiger charge is -2.13. The molecule has 0 aliphatic rings. The molecule has 0 saturated heterocycles. The lowest BCUT2D eigenvalue weighted by atomic mass is 10.2. The lowest BCUT2D eigenvalue weighted by Crippen LogP contribution is -2.01. The minimum atomic E-state index is -1.01. The number of carboxylic acid groups (broad SMARTS) is 1. The van der Waals surface area contributed by atoms with Crippen molar-refractivity contribution in [2.24, 2.45) is 0 Å². The van der Waals surface area contributed by atoms with Crippen LogP contribution in [-0.2, 0) is 6.61 Å². The maximum Gasteiger partial charge on any atom is 0.335 e. The predicted octanol–water partition coefficient (Wildman–Crippen LogP) is 3.80. The first-order valence-electron chi connectivity index (χ1n) is 5.36. The summed E-state index contributed by atoms with van der Waals surface area (Å²) in [5.74, 6) is -0.121. The van der Waals surface area contributed by atoms with Crippen LogP contribution in [0, 0.1) is 0 Å². The molecule has 0 bridgehead atoms. The first-order chi connectivity index (χ1) is 9.11. The first kappa shape index (κ1) is 13.9. The number of benzene rings is 1. The Kier molecular flexibility index (Phi) is 4.44. The van der Waals surface area contributed by atoms with Crippen LogP contribution in [0.2, 0.25) is 0 Å². The number of halogens is 1. The van der Waals surface area contributed by atoms with Crippen molar-refractivity contribution in [2.45, 2.75) is 6.61 Å². The van der Waals surface area contributed by atoms with E-state index in [1.807, 2.05) is 16.8 Å². The summed E-state index contributed by atoms with van der Waals surface area (Å²) in [7, 11) is 1.48. The van der Waals surface area contributed by atoms with Gasteiger partial charge in [-0.15, -0.1) is 0 Å². The van der Waals surface area contributed by atoms with Crippen molar-refractivity contribution in [3.63, 3.8) is 0 Å². The van der Waals surface area contributed by atoms with Crippen molar-refractivity contribution in [2.75, 3.05) is 7.11 Å². The summed E-state index contributed by atoms with van der Waals surface area (Å²) in [4.78, 5) is 11.0. The number of methoxy groups -OCH3 is 1. The van der Waals surface area contributed by atoms with Crippen LogP contribution in [0.5, 0.6) is 11.5 Å². The summed E-state index contributed by atoms with van der Waals surface area (Å²) in [6.45, 7) is 0.408. The summed E-state index contributed by atoms with van der Waals surface area (Å²) in [5.41, 5.74) is 1.20. The molecule has 1 heterocycles. The quantitative estimate of drug-likeness (QED) is 0.897. The highest BCUT2D eigenvalue weighted by atomic mass is 79.9. The van der Waals surface area contributed by atoms with E-state index < -0.39 is 5.97 Å². The summed E-state index contributed by atoms with van der Waals surface area (Å²) < 4.78 is 11.4. The monoisotopic (exact) mass is 342 g/mol. The highest BCUT2D eigenvalue weighted by molar-refractivity contribution is 9.10. The van der Waals surface area contributed by atoms with Crippen LogP contribution >= 0.6 is 27.3 Å². The average molecular weight is 343 g/mol. The molecular formula is C13H11BrO4S. The zero-order valence-corrected chi connectivity index (χ0v) is 12.5. The third kappa shape index (κ3) is 3.27. The van der Waals surface area contributed by atoms with E-state index in [0.717, 1.165) is 5.56 Å². The smallest absolute Gasteiger partial charge is 0.335 e. The third-order valence-electron chi connectivity index (χ3n) is 2.44. The van der Waals surface area contributed by atoms with E-state index in [-0.39, 0.29) is 5.56 Å². The number of carboxylic acids is 1. The van der Waals surface area contributed by atoms with Gasteiger partial charge in [0.2, 0.25) is 0 Å². The molecule has 0 saturated carbocycles. The molecule has 0 radical (unpaired) electrons. The Morgan fingerprint density at radius 3 is 2.84 bits per heavy atom. The van der Waals surface area contributed by atoms with Crippen molar-refractivity contribution in [3.05, 3.63) is 44.6 Å². The Balaban J connectivity index is 2.26. The number of hydrogen-bond acceptors (Lipinski definition) is 4. The summed E-state index contributed by atoms with van der Waals surface area (Å²) >= 11 is 4.90. The van der Waals surface area contributed by atoms with Crippen LogP contribution in [0.1, 0.15) is 15.9 Å². The van der Waals surface area contributed by atoms with Gasteiger partial charge in [-0.1, -0.05) is 0 Å². The largest absolute Gasteiger partial charge is 0.493 e. The van der Waals surface area contributed by atoms with Crippen LogP contribution in [0.3, 0.4) is 0 Å². The fraction of sp³-hybridized carbons (Fsp3) is 0.154. The topological polar surface area (TPSA) is 55.8 Å². The normalized spacial score (nSPS) is 10.2. The number of ether oxygens (including phenoxy) is 2. The molecule has 100 valence electrons. The molecule has 0 aliphatic heterocycles. The van der Waals surface area contributed by atoms with E-state index >= 15 is 0 Å². The number of carbonyl (C=O) groups is 1. The molecule has 0 fully saturated rings. The van der Waals surface area contributed by atoms with Gasteiger partial charge in [-0.3, -0.25) is 0 Å². The molecule has 0 aliphatic carbocycles. The number of aromatic carboxylic acids is 1.